The highest BCUT2D eigenvalue weighted by molar-refractivity contribution is 5.95. The third-order valence-corrected chi connectivity index (χ3v) is 3.93. The first kappa shape index (κ1) is 17.7. The predicted molar refractivity (Wildman–Crippen MR) is 76.9 cm³/mol. The fraction of sp³-hybridized carbons (Fsp3) is 0.714. The van der Waals surface area contributed by atoms with Gasteiger partial charge in [0.15, 0.2) is 5.69 Å². The van der Waals surface area contributed by atoms with Crippen molar-refractivity contribution in [3.05, 3.63) is 17.5 Å². The van der Waals surface area contributed by atoms with Crippen LogP contribution < -0.4 is 0 Å². The second kappa shape index (κ2) is 6.88. The lowest BCUT2D eigenvalue weighted by Crippen LogP contribution is -2.50. The van der Waals surface area contributed by atoms with Gasteiger partial charge < -0.3 is 10.0 Å². The number of halogens is 3. The summed E-state index contributed by atoms with van der Waals surface area (Å²) in [7, 11) is 1.36. The second-order valence-corrected chi connectivity index (χ2v) is 5.72. The van der Waals surface area contributed by atoms with E-state index < -0.39 is 29.4 Å². The van der Waals surface area contributed by atoms with Gasteiger partial charge in [-0.3, -0.25) is 14.4 Å². The molecule has 1 aromatic rings. The summed E-state index contributed by atoms with van der Waals surface area (Å²) >= 11 is 0. The molecule has 0 unspecified atom stereocenters. The van der Waals surface area contributed by atoms with E-state index in [1.165, 1.54) is 11.9 Å². The van der Waals surface area contributed by atoms with Gasteiger partial charge in [-0.1, -0.05) is 6.92 Å². The zero-order chi connectivity index (χ0) is 17.2. The van der Waals surface area contributed by atoms with Crippen LogP contribution in [0.2, 0.25) is 0 Å². The van der Waals surface area contributed by atoms with Crippen LogP contribution in [0.4, 0.5) is 13.2 Å². The first-order valence-corrected chi connectivity index (χ1v) is 7.53. The molecule has 6 nitrogen and oxygen atoms in total. The maximum atomic E-state index is 13.0. The molecule has 0 radical (unpaired) electrons. The fourth-order valence-corrected chi connectivity index (χ4v) is 2.59. The van der Waals surface area contributed by atoms with Crippen molar-refractivity contribution in [1.29, 1.82) is 0 Å². The zero-order valence-electron chi connectivity index (χ0n) is 13.2. The highest BCUT2D eigenvalue weighted by Gasteiger charge is 2.40. The van der Waals surface area contributed by atoms with Crippen LogP contribution in [0, 0.1) is 0 Å². The molecule has 1 amide bonds. The molecule has 1 aliphatic heterocycles. The van der Waals surface area contributed by atoms with Gasteiger partial charge >= 0.3 is 6.18 Å². The molecule has 1 aliphatic rings. The van der Waals surface area contributed by atoms with E-state index in [-0.39, 0.29) is 0 Å². The molecule has 0 saturated carbocycles. The highest BCUT2D eigenvalue weighted by atomic mass is 19.4. The molecule has 1 fully saturated rings. The third-order valence-electron chi connectivity index (χ3n) is 3.93. The van der Waals surface area contributed by atoms with Gasteiger partial charge in [0.2, 0.25) is 0 Å². The number of carbonyl (C=O) groups is 1. The molecule has 1 N–H and O–H groups in total. The lowest BCUT2D eigenvalue weighted by molar-refractivity contribution is -0.141. The Morgan fingerprint density at radius 3 is 2.48 bits per heavy atom. The molecule has 1 saturated heterocycles. The van der Waals surface area contributed by atoms with Crippen LogP contribution in [0.5, 0.6) is 0 Å². The van der Waals surface area contributed by atoms with Crippen molar-refractivity contribution in [1.82, 2.24) is 19.6 Å². The molecule has 0 aromatic carbocycles. The summed E-state index contributed by atoms with van der Waals surface area (Å²) in [5.74, 6) is -0.652. The Kier molecular flexibility index (Phi) is 5.30. The number of amides is 1. The van der Waals surface area contributed by atoms with E-state index in [9.17, 15) is 23.1 Å². The Bertz CT molecular complexity index is 551. The summed E-state index contributed by atoms with van der Waals surface area (Å²) in [5.41, 5.74) is -1.56. The zero-order valence-corrected chi connectivity index (χ0v) is 13.2. The maximum Gasteiger partial charge on any atom is 0.435 e. The van der Waals surface area contributed by atoms with Crippen molar-refractivity contribution < 1.29 is 23.1 Å². The van der Waals surface area contributed by atoms with Crippen molar-refractivity contribution >= 4 is 5.91 Å². The van der Waals surface area contributed by atoms with E-state index >= 15 is 0 Å². The summed E-state index contributed by atoms with van der Waals surface area (Å²) in [6, 6.07) is 0. The largest absolute Gasteiger partial charge is 0.435 e. The monoisotopic (exact) mass is 334 g/mol. The van der Waals surface area contributed by atoms with Crippen LogP contribution in [-0.4, -0.2) is 69.4 Å². The average molecular weight is 334 g/mol. The van der Waals surface area contributed by atoms with Crippen LogP contribution in [0.25, 0.3) is 0 Å². The molecule has 2 rings (SSSR count). The number of hydrogen-bond donors (Lipinski definition) is 1. The third kappa shape index (κ3) is 4.23. The molecular formula is C14H21F3N4O2. The number of alkyl halides is 3. The minimum atomic E-state index is -4.65. The molecule has 130 valence electrons. The first-order chi connectivity index (χ1) is 10.7. The minimum Gasteiger partial charge on any atom is -0.392 e. The fourth-order valence-electron chi connectivity index (χ4n) is 2.59. The molecule has 23 heavy (non-hydrogen) atoms. The molecule has 0 aliphatic carbocycles. The van der Waals surface area contributed by atoms with Crippen molar-refractivity contribution in [2.75, 3.05) is 32.7 Å². The van der Waals surface area contributed by atoms with Crippen molar-refractivity contribution in [3.63, 3.8) is 0 Å². The molecule has 0 spiro atoms. The smallest absolute Gasteiger partial charge is 0.392 e. The number of aryl methyl sites for hydroxylation is 1. The first-order valence-electron chi connectivity index (χ1n) is 7.53. The number of nitrogens with zero attached hydrogens (tertiary/aromatic N) is 4. The topological polar surface area (TPSA) is 61.6 Å². The van der Waals surface area contributed by atoms with E-state index in [1.807, 2.05) is 11.8 Å². The standard InChI is InChI=1S/C14H21F3N4O2/c1-3-10(22)8-20-4-6-21(7-5-20)13(23)11-9-19(2)18-12(11)14(15,16)17/h9-10,22H,3-8H2,1-2H3/t10-/m1/s1. The van der Waals surface area contributed by atoms with E-state index in [0.29, 0.717) is 39.1 Å². The van der Waals surface area contributed by atoms with Crippen molar-refractivity contribution in [2.45, 2.75) is 25.6 Å². The van der Waals surface area contributed by atoms with Gasteiger partial charge in [-0.25, -0.2) is 0 Å². The number of aliphatic hydroxyl groups excluding tert-OH is 1. The summed E-state index contributed by atoms with van der Waals surface area (Å²) in [6.07, 6.45) is -3.33. The predicted octanol–water partition coefficient (Wildman–Crippen LogP) is 0.968. The molecule has 2 heterocycles. The number of rotatable bonds is 4. The second-order valence-electron chi connectivity index (χ2n) is 5.72. The number of β-amino-alcohol motifs (C(OH)–C–C–N with tert-alkyl or cyclic N) is 1. The lowest BCUT2D eigenvalue weighted by Gasteiger charge is -2.35. The summed E-state index contributed by atoms with van der Waals surface area (Å²) in [6.45, 7) is 4.13. The van der Waals surface area contributed by atoms with Crippen LogP contribution in [0.1, 0.15) is 29.4 Å². The number of aromatic nitrogens is 2. The van der Waals surface area contributed by atoms with E-state index in [4.69, 9.17) is 0 Å². The Labute approximate surface area is 132 Å². The number of aliphatic hydroxyl groups is 1. The highest BCUT2D eigenvalue weighted by Crippen LogP contribution is 2.31. The quantitative estimate of drug-likeness (QED) is 0.891. The summed E-state index contributed by atoms with van der Waals surface area (Å²) in [4.78, 5) is 15.8. The van der Waals surface area contributed by atoms with Crippen LogP contribution in [0.3, 0.4) is 0 Å². The average Bonchev–Trinajstić information content (AvgIpc) is 2.89. The normalized spacial score (nSPS) is 18.3. The van der Waals surface area contributed by atoms with E-state index in [2.05, 4.69) is 5.10 Å². The van der Waals surface area contributed by atoms with Crippen LogP contribution >= 0.6 is 0 Å². The minimum absolute atomic E-state index is 0.335. The lowest BCUT2D eigenvalue weighted by atomic mass is 10.2. The van der Waals surface area contributed by atoms with Gasteiger partial charge in [-0.05, 0) is 6.42 Å². The van der Waals surface area contributed by atoms with Crippen molar-refractivity contribution in [3.8, 4) is 0 Å². The SMILES string of the molecule is CC[C@@H](O)CN1CCN(C(=O)c2cn(C)nc2C(F)(F)F)CC1. The Hall–Kier alpha value is -1.61. The van der Waals surface area contributed by atoms with Gasteiger partial charge in [0.25, 0.3) is 5.91 Å². The van der Waals surface area contributed by atoms with Gasteiger partial charge in [-0.15, -0.1) is 0 Å². The van der Waals surface area contributed by atoms with Gasteiger partial charge in [0.1, 0.15) is 0 Å². The molecule has 0 bridgehead atoms. The van der Waals surface area contributed by atoms with Crippen molar-refractivity contribution in [2.24, 2.45) is 7.05 Å². The Morgan fingerprint density at radius 1 is 1.35 bits per heavy atom. The Balaban J connectivity index is 2.03. The van der Waals surface area contributed by atoms with Gasteiger partial charge in [-0.2, -0.15) is 18.3 Å². The van der Waals surface area contributed by atoms with Crippen LogP contribution in [-0.2, 0) is 13.2 Å². The Morgan fingerprint density at radius 2 is 1.96 bits per heavy atom. The van der Waals surface area contributed by atoms with Gasteiger partial charge in [0, 0.05) is 46.0 Å². The number of carbonyl (C=O) groups excluding carboxylic acids is 1. The molecule has 9 heteroatoms. The maximum absolute atomic E-state index is 13.0. The van der Waals surface area contributed by atoms with Crippen LogP contribution in [0.15, 0.2) is 6.20 Å². The molecular weight excluding hydrogens is 313 g/mol. The molecule has 1 atom stereocenters. The number of piperazine rings is 1. The summed E-state index contributed by atoms with van der Waals surface area (Å²) in [5, 5.41) is 13.0. The summed E-state index contributed by atoms with van der Waals surface area (Å²) < 4.78 is 39.9. The molecule has 1 aromatic heterocycles. The van der Waals surface area contributed by atoms with E-state index in [1.54, 1.807) is 0 Å². The van der Waals surface area contributed by atoms with E-state index in [0.717, 1.165) is 10.9 Å². The number of hydrogen-bond acceptors (Lipinski definition) is 4. The van der Waals surface area contributed by atoms with Gasteiger partial charge in [0.05, 0.1) is 11.7 Å².